The van der Waals surface area contributed by atoms with Crippen LogP contribution < -0.4 is 15.5 Å². The number of nitrogens with one attached hydrogen (secondary N) is 2. The quantitative estimate of drug-likeness (QED) is 0.321. The summed E-state index contributed by atoms with van der Waals surface area (Å²) in [5.74, 6) is -0.979. The average molecular weight is 466 g/mol. The van der Waals surface area contributed by atoms with Gasteiger partial charge in [0, 0.05) is 10.2 Å². The predicted octanol–water partition coefficient (Wildman–Crippen LogP) is 4.43. The van der Waals surface area contributed by atoms with Gasteiger partial charge in [0.15, 0.2) is 0 Å². The fourth-order valence-electron chi connectivity index (χ4n) is 2.56. The van der Waals surface area contributed by atoms with Crippen molar-refractivity contribution < 1.29 is 14.3 Å². The summed E-state index contributed by atoms with van der Waals surface area (Å²) in [6.07, 6.45) is 1.45. The highest BCUT2D eigenvalue weighted by Gasteiger charge is 2.12. The lowest BCUT2D eigenvalue weighted by molar-refractivity contribution is -0.136. The Hall–Kier alpha value is -3.45. The fraction of sp³-hybridized carbons (Fsp3) is 0.0870. The maximum atomic E-state index is 11.9. The molecule has 3 aromatic rings. The molecule has 0 atom stereocenters. The third kappa shape index (κ3) is 6.28. The average Bonchev–Trinajstić information content (AvgIpc) is 2.75. The van der Waals surface area contributed by atoms with E-state index in [-0.39, 0.29) is 0 Å². The summed E-state index contributed by atoms with van der Waals surface area (Å²) in [5, 5.41) is 6.34. The SMILES string of the molecule is Cc1ccccc1COc1cccc(C=NNC(=O)C(=O)Nc2ccc(Br)cc2)c1. The first-order valence-corrected chi connectivity index (χ1v) is 9.98. The molecular formula is C23H20BrN3O3. The van der Waals surface area contributed by atoms with Gasteiger partial charge < -0.3 is 10.1 Å². The van der Waals surface area contributed by atoms with Gasteiger partial charge in [0.25, 0.3) is 0 Å². The number of halogens is 1. The first kappa shape index (κ1) is 21.3. The van der Waals surface area contributed by atoms with Crippen LogP contribution in [0.1, 0.15) is 16.7 Å². The van der Waals surface area contributed by atoms with E-state index in [4.69, 9.17) is 4.74 Å². The first-order valence-electron chi connectivity index (χ1n) is 9.18. The van der Waals surface area contributed by atoms with Crippen molar-refractivity contribution in [2.45, 2.75) is 13.5 Å². The fourth-order valence-corrected chi connectivity index (χ4v) is 2.82. The molecule has 0 aliphatic heterocycles. The van der Waals surface area contributed by atoms with Crippen LogP contribution in [-0.4, -0.2) is 18.0 Å². The van der Waals surface area contributed by atoms with Crippen molar-refractivity contribution in [3.8, 4) is 5.75 Å². The monoisotopic (exact) mass is 465 g/mol. The number of hydrogen-bond acceptors (Lipinski definition) is 4. The molecule has 0 aliphatic carbocycles. The summed E-state index contributed by atoms with van der Waals surface area (Å²) in [5.41, 5.74) is 5.74. The molecule has 2 N–H and O–H groups in total. The summed E-state index contributed by atoms with van der Waals surface area (Å²) in [7, 11) is 0. The zero-order valence-electron chi connectivity index (χ0n) is 16.3. The van der Waals surface area contributed by atoms with E-state index in [2.05, 4.69) is 31.8 Å². The summed E-state index contributed by atoms with van der Waals surface area (Å²) < 4.78 is 6.71. The van der Waals surface area contributed by atoms with Crippen molar-refractivity contribution in [2.24, 2.45) is 5.10 Å². The third-order valence-electron chi connectivity index (χ3n) is 4.20. The number of benzene rings is 3. The molecule has 0 fully saturated rings. The van der Waals surface area contributed by atoms with Gasteiger partial charge >= 0.3 is 11.8 Å². The molecule has 0 aliphatic rings. The zero-order chi connectivity index (χ0) is 21.3. The summed E-state index contributed by atoms with van der Waals surface area (Å²) in [4.78, 5) is 23.8. The molecule has 6 nitrogen and oxygen atoms in total. The Labute approximate surface area is 183 Å². The van der Waals surface area contributed by atoms with E-state index in [0.29, 0.717) is 18.0 Å². The molecule has 0 unspecified atom stereocenters. The van der Waals surface area contributed by atoms with Crippen LogP contribution in [0, 0.1) is 6.92 Å². The van der Waals surface area contributed by atoms with E-state index in [1.54, 1.807) is 30.3 Å². The number of rotatable bonds is 6. The number of carbonyl (C=O) groups excluding carboxylic acids is 2. The predicted molar refractivity (Wildman–Crippen MR) is 120 cm³/mol. The van der Waals surface area contributed by atoms with Crippen LogP contribution in [0.25, 0.3) is 0 Å². The molecule has 0 saturated carbocycles. The number of hydrogen-bond donors (Lipinski definition) is 2. The highest BCUT2D eigenvalue weighted by molar-refractivity contribution is 9.10. The molecule has 152 valence electrons. The molecule has 0 heterocycles. The molecule has 7 heteroatoms. The first-order chi connectivity index (χ1) is 14.5. The number of amides is 2. The van der Waals surface area contributed by atoms with E-state index in [1.807, 2.05) is 49.4 Å². The molecule has 2 amide bonds. The number of ether oxygens (including phenoxy) is 1. The van der Waals surface area contributed by atoms with Crippen LogP contribution in [-0.2, 0) is 16.2 Å². The second-order valence-electron chi connectivity index (χ2n) is 6.45. The lowest BCUT2D eigenvalue weighted by Gasteiger charge is -2.09. The van der Waals surface area contributed by atoms with Gasteiger partial charge in [-0.25, -0.2) is 5.43 Å². The van der Waals surface area contributed by atoms with Gasteiger partial charge in [-0.1, -0.05) is 52.3 Å². The van der Waals surface area contributed by atoms with E-state index < -0.39 is 11.8 Å². The van der Waals surface area contributed by atoms with Crippen LogP contribution in [0.15, 0.2) is 82.4 Å². The number of carbonyl (C=O) groups is 2. The zero-order valence-corrected chi connectivity index (χ0v) is 17.8. The molecular weight excluding hydrogens is 446 g/mol. The van der Waals surface area contributed by atoms with Crippen molar-refractivity contribution in [1.82, 2.24) is 5.43 Å². The Morgan fingerprint density at radius 2 is 1.77 bits per heavy atom. The van der Waals surface area contributed by atoms with Gasteiger partial charge in [-0.05, 0) is 60.0 Å². The molecule has 30 heavy (non-hydrogen) atoms. The Bertz CT molecular complexity index is 1070. The Kier molecular flexibility index (Phi) is 7.34. The second kappa shape index (κ2) is 10.4. The van der Waals surface area contributed by atoms with Crippen LogP contribution >= 0.6 is 15.9 Å². The van der Waals surface area contributed by atoms with Crippen molar-refractivity contribution in [2.75, 3.05) is 5.32 Å². The van der Waals surface area contributed by atoms with E-state index >= 15 is 0 Å². The minimum atomic E-state index is -0.860. The van der Waals surface area contributed by atoms with Gasteiger partial charge in [0.1, 0.15) is 12.4 Å². The third-order valence-corrected chi connectivity index (χ3v) is 4.73. The number of aryl methyl sites for hydroxylation is 1. The lowest BCUT2D eigenvalue weighted by atomic mass is 10.1. The van der Waals surface area contributed by atoms with Crippen molar-refractivity contribution in [3.63, 3.8) is 0 Å². The Balaban J connectivity index is 1.52. The summed E-state index contributed by atoms with van der Waals surface area (Å²) in [6, 6.07) is 22.2. The normalized spacial score (nSPS) is 10.6. The van der Waals surface area contributed by atoms with Crippen LogP contribution in [0.5, 0.6) is 5.75 Å². The van der Waals surface area contributed by atoms with Gasteiger partial charge in [-0.15, -0.1) is 0 Å². The van der Waals surface area contributed by atoms with Crippen molar-refractivity contribution >= 4 is 39.6 Å². The highest BCUT2D eigenvalue weighted by atomic mass is 79.9. The van der Waals surface area contributed by atoms with Crippen molar-refractivity contribution in [1.29, 1.82) is 0 Å². The smallest absolute Gasteiger partial charge is 0.329 e. The van der Waals surface area contributed by atoms with Gasteiger partial charge in [-0.2, -0.15) is 5.10 Å². The van der Waals surface area contributed by atoms with E-state index in [0.717, 1.165) is 15.6 Å². The largest absolute Gasteiger partial charge is 0.489 e. The van der Waals surface area contributed by atoms with Crippen LogP contribution in [0.4, 0.5) is 5.69 Å². The minimum Gasteiger partial charge on any atom is -0.489 e. The number of nitrogens with zero attached hydrogens (tertiary/aromatic N) is 1. The van der Waals surface area contributed by atoms with Crippen molar-refractivity contribution in [3.05, 3.63) is 94.0 Å². The number of hydrazone groups is 1. The molecule has 0 saturated heterocycles. The standard InChI is InChI=1S/C23H20BrN3O3/c1-16-5-2-3-7-18(16)15-30-21-8-4-6-17(13-21)14-25-27-23(29)22(28)26-20-11-9-19(24)10-12-20/h2-14H,15H2,1H3,(H,26,28)(H,27,29). The molecule has 3 rings (SSSR count). The maximum Gasteiger partial charge on any atom is 0.329 e. The lowest BCUT2D eigenvalue weighted by Crippen LogP contribution is -2.32. The minimum absolute atomic E-state index is 0.459. The topological polar surface area (TPSA) is 79.8 Å². The maximum absolute atomic E-state index is 11.9. The van der Waals surface area contributed by atoms with Gasteiger partial charge in [0.05, 0.1) is 6.21 Å². The number of anilines is 1. The van der Waals surface area contributed by atoms with E-state index in [1.165, 1.54) is 11.8 Å². The molecule has 0 bridgehead atoms. The molecule has 0 spiro atoms. The Morgan fingerprint density at radius 3 is 2.53 bits per heavy atom. The molecule has 0 radical (unpaired) electrons. The van der Waals surface area contributed by atoms with Gasteiger partial charge in [-0.3, -0.25) is 9.59 Å². The second-order valence-corrected chi connectivity index (χ2v) is 7.36. The van der Waals surface area contributed by atoms with E-state index in [9.17, 15) is 9.59 Å². The Morgan fingerprint density at radius 1 is 1.00 bits per heavy atom. The van der Waals surface area contributed by atoms with Crippen LogP contribution in [0.2, 0.25) is 0 Å². The summed E-state index contributed by atoms with van der Waals surface area (Å²) >= 11 is 3.31. The van der Waals surface area contributed by atoms with Crippen LogP contribution in [0.3, 0.4) is 0 Å². The molecule has 3 aromatic carbocycles. The molecule has 0 aromatic heterocycles. The highest BCUT2D eigenvalue weighted by Crippen LogP contribution is 2.16. The summed E-state index contributed by atoms with van der Waals surface area (Å²) in [6.45, 7) is 2.50. The van der Waals surface area contributed by atoms with Gasteiger partial charge in [0.2, 0.25) is 0 Å².